The number of hydrogen-bond donors (Lipinski definition) is 2. The number of nitrogens with two attached hydrogens (primary N) is 1. The molecule has 15 heavy (non-hydrogen) atoms. The fourth-order valence-electron chi connectivity index (χ4n) is 3.55. The van der Waals surface area contributed by atoms with Gasteiger partial charge >= 0.3 is 5.97 Å². The molecular weight excluding hydrogens is 192 g/mol. The molecule has 4 nitrogen and oxygen atoms in total. The predicted molar refractivity (Wildman–Crippen MR) is 57.4 cm³/mol. The van der Waals surface area contributed by atoms with Crippen LogP contribution in [0.5, 0.6) is 0 Å². The summed E-state index contributed by atoms with van der Waals surface area (Å²) in [5.74, 6) is 4.68. The fourth-order valence-corrected chi connectivity index (χ4v) is 3.55. The minimum absolute atomic E-state index is 0.139. The Morgan fingerprint density at radius 2 is 2.00 bits per heavy atom. The van der Waals surface area contributed by atoms with Crippen molar-refractivity contribution in [1.29, 1.82) is 0 Å². The van der Waals surface area contributed by atoms with Gasteiger partial charge in [-0.1, -0.05) is 20.8 Å². The third-order valence-corrected chi connectivity index (χ3v) is 5.30. The van der Waals surface area contributed by atoms with Gasteiger partial charge in [-0.15, -0.1) is 0 Å². The largest absolute Gasteiger partial charge is 0.481 e. The molecule has 0 aromatic rings. The topological polar surface area (TPSA) is 75.7 Å². The van der Waals surface area contributed by atoms with Gasteiger partial charge in [-0.05, 0) is 18.3 Å². The highest BCUT2D eigenvalue weighted by Crippen LogP contribution is 2.70. The molecule has 0 aromatic carbocycles. The van der Waals surface area contributed by atoms with E-state index < -0.39 is 11.4 Å². The summed E-state index contributed by atoms with van der Waals surface area (Å²) in [5, 5.41) is 13.3. The molecule has 84 valence electrons. The van der Waals surface area contributed by atoms with Crippen molar-refractivity contribution in [2.45, 2.75) is 40.0 Å². The zero-order chi connectivity index (χ0) is 11.5. The van der Waals surface area contributed by atoms with E-state index in [2.05, 4.69) is 12.0 Å². The fraction of sp³-hybridized carbons (Fsp3) is 0.818. The number of hydrazone groups is 1. The molecule has 0 spiro atoms. The van der Waals surface area contributed by atoms with Crippen LogP contribution in [0.25, 0.3) is 0 Å². The standard InChI is InChI=1S/C11H18N2O2/c1-9(2)10(3)4-5-11(9,8(14)15)6-7(10)13-12/h4-6,12H2,1-3H3,(H,14,15)/b13-7-/t10-,11+/m1/s1. The van der Waals surface area contributed by atoms with Gasteiger partial charge in [0.25, 0.3) is 0 Å². The van der Waals surface area contributed by atoms with Crippen molar-refractivity contribution in [3.63, 3.8) is 0 Å². The second kappa shape index (κ2) is 2.54. The average molecular weight is 210 g/mol. The molecule has 0 aliphatic heterocycles. The van der Waals surface area contributed by atoms with Crippen LogP contribution in [0.4, 0.5) is 0 Å². The van der Waals surface area contributed by atoms with E-state index in [0.29, 0.717) is 6.42 Å². The quantitative estimate of drug-likeness (QED) is 0.510. The minimum atomic E-state index is -0.699. The molecule has 2 aliphatic carbocycles. The number of rotatable bonds is 1. The molecule has 2 saturated carbocycles. The highest BCUT2D eigenvalue weighted by Gasteiger charge is 2.71. The first-order valence-electron chi connectivity index (χ1n) is 5.32. The van der Waals surface area contributed by atoms with Crippen molar-refractivity contribution in [2.75, 3.05) is 0 Å². The van der Waals surface area contributed by atoms with Crippen LogP contribution in [-0.2, 0) is 4.79 Å². The maximum absolute atomic E-state index is 11.5. The van der Waals surface area contributed by atoms with Crippen molar-refractivity contribution >= 4 is 11.7 Å². The molecule has 3 N–H and O–H groups in total. The summed E-state index contributed by atoms with van der Waals surface area (Å²) in [6.07, 6.45) is 2.13. The van der Waals surface area contributed by atoms with Crippen molar-refractivity contribution in [3.8, 4) is 0 Å². The average Bonchev–Trinajstić information content (AvgIpc) is 2.46. The lowest BCUT2D eigenvalue weighted by atomic mass is 9.65. The number of nitrogens with zero attached hydrogens (tertiary/aromatic N) is 1. The Bertz CT molecular complexity index is 362. The van der Waals surface area contributed by atoms with Crippen LogP contribution in [-0.4, -0.2) is 16.8 Å². The lowest BCUT2D eigenvalue weighted by molar-refractivity contribution is -0.154. The number of carbonyl (C=O) groups is 1. The Morgan fingerprint density at radius 1 is 1.40 bits per heavy atom. The smallest absolute Gasteiger partial charge is 0.310 e. The first kappa shape index (κ1) is 10.5. The van der Waals surface area contributed by atoms with Crippen LogP contribution in [0, 0.1) is 16.2 Å². The molecule has 0 radical (unpaired) electrons. The van der Waals surface area contributed by atoms with E-state index in [1.807, 2.05) is 13.8 Å². The second-order valence-electron chi connectivity index (χ2n) is 5.60. The third-order valence-electron chi connectivity index (χ3n) is 5.30. The number of hydrogen-bond acceptors (Lipinski definition) is 3. The van der Waals surface area contributed by atoms with Gasteiger partial charge in [0.05, 0.1) is 5.41 Å². The Hall–Kier alpha value is -1.06. The lowest BCUT2D eigenvalue weighted by Crippen LogP contribution is -2.40. The van der Waals surface area contributed by atoms with Crippen molar-refractivity contribution < 1.29 is 9.90 Å². The van der Waals surface area contributed by atoms with Gasteiger partial charge in [0.15, 0.2) is 0 Å². The van der Waals surface area contributed by atoms with Gasteiger partial charge in [-0.25, -0.2) is 0 Å². The summed E-state index contributed by atoms with van der Waals surface area (Å²) in [4.78, 5) is 11.5. The number of fused-ring (bicyclic) bond motifs is 2. The van der Waals surface area contributed by atoms with Crippen LogP contribution in [0.15, 0.2) is 5.10 Å². The molecule has 0 unspecified atom stereocenters. The third kappa shape index (κ3) is 0.840. The SMILES string of the molecule is CC1(C)[C@@]2(C(=O)O)CC[C@]1(C)/C(=N\N)C2. The first-order chi connectivity index (χ1) is 6.82. The Labute approximate surface area is 89.5 Å². The second-order valence-corrected chi connectivity index (χ2v) is 5.60. The van der Waals surface area contributed by atoms with E-state index in [9.17, 15) is 9.90 Å². The van der Waals surface area contributed by atoms with Crippen LogP contribution >= 0.6 is 0 Å². The summed E-state index contributed by atoms with van der Waals surface area (Å²) in [7, 11) is 0. The lowest BCUT2D eigenvalue weighted by Gasteiger charge is -2.37. The highest BCUT2D eigenvalue weighted by atomic mass is 16.4. The Morgan fingerprint density at radius 3 is 2.33 bits per heavy atom. The van der Waals surface area contributed by atoms with Crippen molar-refractivity contribution in [1.82, 2.24) is 0 Å². The Balaban J connectivity index is 2.61. The van der Waals surface area contributed by atoms with E-state index in [-0.39, 0.29) is 10.8 Å². The monoisotopic (exact) mass is 210 g/mol. The normalized spacial score (nSPS) is 44.9. The molecule has 4 heteroatoms. The maximum atomic E-state index is 11.5. The van der Waals surface area contributed by atoms with E-state index in [1.54, 1.807) is 0 Å². The highest BCUT2D eigenvalue weighted by molar-refractivity contribution is 6.00. The summed E-state index contributed by atoms with van der Waals surface area (Å²) in [6, 6.07) is 0. The van der Waals surface area contributed by atoms with Gasteiger partial charge in [-0.3, -0.25) is 4.79 Å². The number of aliphatic carboxylic acids is 1. The molecule has 0 aromatic heterocycles. The number of carboxylic acid groups (broad SMARTS) is 1. The zero-order valence-electron chi connectivity index (χ0n) is 9.50. The van der Waals surface area contributed by atoms with E-state index in [0.717, 1.165) is 18.6 Å². The van der Waals surface area contributed by atoms with Gasteiger partial charge in [0.1, 0.15) is 0 Å². The van der Waals surface area contributed by atoms with E-state index >= 15 is 0 Å². The molecule has 0 heterocycles. The molecule has 2 aliphatic rings. The van der Waals surface area contributed by atoms with Crippen LogP contribution in [0.1, 0.15) is 40.0 Å². The number of carboxylic acids is 1. The molecular formula is C11H18N2O2. The first-order valence-corrected chi connectivity index (χ1v) is 5.32. The molecule has 0 saturated heterocycles. The van der Waals surface area contributed by atoms with E-state index in [1.165, 1.54) is 0 Å². The molecule has 2 atom stereocenters. The minimum Gasteiger partial charge on any atom is -0.481 e. The van der Waals surface area contributed by atoms with Gasteiger partial charge in [-0.2, -0.15) is 5.10 Å². The van der Waals surface area contributed by atoms with Crippen molar-refractivity contribution in [2.24, 2.45) is 27.2 Å². The van der Waals surface area contributed by atoms with Crippen LogP contribution in [0.3, 0.4) is 0 Å². The summed E-state index contributed by atoms with van der Waals surface area (Å²) in [6.45, 7) is 6.16. The van der Waals surface area contributed by atoms with Crippen molar-refractivity contribution in [3.05, 3.63) is 0 Å². The molecule has 0 amide bonds. The van der Waals surface area contributed by atoms with Gasteiger partial charge in [0.2, 0.25) is 0 Å². The van der Waals surface area contributed by atoms with Crippen LogP contribution < -0.4 is 5.84 Å². The molecule has 2 fully saturated rings. The predicted octanol–water partition coefficient (Wildman–Crippen LogP) is 1.60. The summed E-state index contributed by atoms with van der Waals surface area (Å²) >= 11 is 0. The van der Waals surface area contributed by atoms with Gasteiger partial charge in [0, 0.05) is 17.5 Å². The summed E-state index contributed by atoms with van der Waals surface area (Å²) in [5.41, 5.74) is -0.175. The zero-order valence-corrected chi connectivity index (χ0v) is 9.50. The van der Waals surface area contributed by atoms with Crippen LogP contribution in [0.2, 0.25) is 0 Å². The van der Waals surface area contributed by atoms with E-state index in [4.69, 9.17) is 5.84 Å². The Kier molecular flexibility index (Phi) is 1.77. The molecule has 2 bridgehead atoms. The molecule has 2 rings (SSSR count). The summed E-state index contributed by atoms with van der Waals surface area (Å²) < 4.78 is 0. The van der Waals surface area contributed by atoms with Gasteiger partial charge < -0.3 is 10.9 Å². The maximum Gasteiger partial charge on any atom is 0.310 e.